The largest absolute Gasteiger partial charge is 0.462 e. The van der Waals surface area contributed by atoms with Crippen LogP contribution in [0.5, 0.6) is 0 Å². The highest BCUT2D eigenvalue weighted by Crippen LogP contribution is 2.17. The van der Waals surface area contributed by atoms with Gasteiger partial charge in [-0.2, -0.15) is 0 Å². The smallest absolute Gasteiger partial charge is 0.306 e. The van der Waals surface area contributed by atoms with Crippen molar-refractivity contribution < 1.29 is 24.2 Å². The Bertz CT molecular complexity index is 1750. The van der Waals surface area contributed by atoms with Crippen LogP contribution in [-0.2, 0) is 19.1 Å². The zero-order chi connectivity index (χ0) is 60.5. The zero-order valence-electron chi connectivity index (χ0n) is 54.9. The molecule has 0 saturated heterocycles. The number of hydrogen-bond acceptors (Lipinski definition) is 5. The number of hydrogen-bond donors (Lipinski definition) is 1. The number of allylic oxidation sites excluding steroid dienone is 24. The van der Waals surface area contributed by atoms with E-state index in [4.69, 9.17) is 9.47 Å². The van der Waals surface area contributed by atoms with E-state index in [-0.39, 0.29) is 25.2 Å². The third-order valence-corrected chi connectivity index (χ3v) is 15.1. The SMILES string of the molecule is CC/C=C\C/C=C\C/C=C\C/C=C\C/C=C\C/C=C\C/C=C\C/C=C\C/C=C\CCCCCCCCCCCC(=O)OC(CO)COC(=O)CCCCCCCCCCCCCCCCCCCC/C=C\C/C=C\C/C=C\CCCCCCC. The molecule has 1 unspecified atom stereocenters. The van der Waals surface area contributed by atoms with Gasteiger partial charge in [0.05, 0.1) is 6.61 Å². The van der Waals surface area contributed by atoms with Crippen molar-refractivity contribution in [1.29, 1.82) is 0 Å². The standard InChI is InChI=1S/C79H132O5/c1-3-5-7-9-11-13-15-17-19-21-23-25-27-29-31-33-35-37-38-39-40-42-44-46-48-50-52-54-56-58-60-62-64-66-68-70-72-74-79(82)84-77(75-80)76-83-78(81)73-71-69-67-65-63-61-59-57-55-53-51-49-47-45-43-41-36-34-32-30-28-26-24-22-20-18-16-14-12-10-8-6-4-2/h5,7,11,13,16-19,22-25,28-31,35,37,39-40,44,46,50,52,77,80H,3-4,6,8-10,12,14-15,20-21,26-27,32-34,36,38,41-43,45,47-49,51,53-76H2,1-2H3/b7-5-,13-11-,18-16-,19-17-,24-22-,25-23-,30-28-,31-29-,37-35-,40-39-,46-44-,52-50-. The van der Waals surface area contributed by atoms with Crippen molar-refractivity contribution in [3.63, 3.8) is 0 Å². The number of aliphatic hydroxyl groups is 1. The molecule has 0 bridgehead atoms. The number of ether oxygens (including phenoxy) is 2. The summed E-state index contributed by atoms with van der Waals surface area (Å²) in [5.41, 5.74) is 0. The maximum absolute atomic E-state index is 12.4. The van der Waals surface area contributed by atoms with Gasteiger partial charge in [-0.15, -0.1) is 0 Å². The van der Waals surface area contributed by atoms with E-state index in [9.17, 15) is 14.7 Å². The lowest BCUT2D eigenvalue weighted by atomic mass is 10.0. The maximum Gasteiger partial charge on any atom is 0.306 e. The van der Waals surface area contributed by atoms with Crippen LogP contribution in [0.3, 0.4) is 0 Å². The lowest BCUT2D eigenvalue weighted by Crippen LogP contribution is -2.28. The second kappa shape index (κ2) is 73.0. The van der Waals surface area contributed by atoms with Crippen LogP contribution in [0, 0.1) is 0 Å². The van der Waals surface area contributed by atoms with Gasteiger partial charge in [0.15, 0.2) is 6.10 Å². The zero-order valence-corrected chi connectivity index (χ0v) is 54.9. The van der Waals surface area contributed by atoms with E-state index in [2.05, 4.69) is 160 Å². The van der Waals surface area contributed by atoms with Crippen molar-refractivity contribution in [2.24, 2.45) is 0 Å². The summed E-state index contributed by atoms with van der Waals surface area (Å²) >= 11 is 0. The summed E-state index contributed by atoms with van der Waals surface area (Å²) in [6, 6.07) is 0. The van der Waals surface area contributed by atoms with Gasteiger partial charge in [0.2, 0.25) is 0 Å². The van der Waals surface area contributed by atoms with Crippen molar-refractivity contribution >= 4 is 11.9 Å². The first-order valence-electron chi connectivity index (χ1n) is 35.4. The first-order valence-corrected chi connectivity index (χ1v) is 35.4. The summed E-state index contributed by atoms with van der Waals surface area (Å²) < 4.78 is 10.8. The van der Waals surface area contributed by atoms with Crippen molar-refractivity contribution in [2.75, 3.05) is 13.2 Å². The van der Waals surface area contributed by atoms with Gasteiger partial charge < -0.3 is 14.6 Å². The van der Waals surface area contributed by atoms with Crippen molar-refractivity contribution in [3.05, 3.63) is 146 Å². The molecule has 1 atom stereocenters. The van der Waals surface area contributed by atoms with Crippen LogP contribution in [0.4, 0.5) is 0 Å². The molecule has 0 aliphatic carbocycles. The third-order valence-electron chi connectivity index (χ3n) is 15.1. The second-order valence-corrected chi connectivity index (χ2v) is 23.2. The molecule has 0 aliphatic heterocycles. The Morgan fingerprint density at radius 2 is 0.512 bits per heavy atom. The summed E-state index contributed by atoms with van der Waals surface area (Å²) in [7, 11) is 0. The Morgan fingerprint density at radius 3 is 0.774 bits per heavy atom. The van der Waals surface area contributed by atoms with Crippen molar-refractivity contribution in [1.82, 2.24) is 0 Å². The molecular formula is C79H132O5. The Morgan fingerprint density at radius 1 is 0.286 bits per heavy atom. The average Bonchev–Trinajstić information content (AvgIpc) is 3.51. The fourth-order valence-corrected chi connectivity index (χ4v) is 9.85. The third kappa shape index (κ3) is 70.3. The Labute approximate surface area is 520 Å². The summed E-state index contributed by atoms with van der Waals surface area (Å²) in [5, 5.41) is 9.71. The van der Waals surface area contributed by atoms with E-state index in [0.29, 0.717) is 12.8 Å². The van der Waals surface area contributed by atoms with Gasteiger partial charge in [-0.3, -0.25) is 9.59 Å². The van der Waals surface area contributed by atoms with E-state index in [1.165, 1.54) is 180 Å². The molecule has 478 valence electrons. The number of rotatable bonds is 64. The van der Waals surface area contributed by atoms with E-state index >= 15 is 0 Å². The van der Waals surface area contributed by atoms with Crippen LogP contribution < -0.4 is 0 Å². The lowest BCUT2D eigenvalue weighted by molar-refractivity contribution is -0.161. The molecule has 0 fully saturated rings. The fraction of sp³-hybridized carbons (Fsp3) is 0.671. The molecule has 0 spiro atoms. The number of unbranched alkanes of at least 4 members (excludes halogenated alkanes) is 32. The molecule has 0 heterocycles. The van der Waals surface area contributed by atoms with Crippen molar-refractivity contribution in [2.45, 2.75) is 328 Å². The minimum Gasteiger partial charge on any atom is -0.462 e. The van der Waals surface area contributed by atoms with E-state index < -0.39 is 6.10 Å². The minimum absolute atomic E-state index is 0.0734. The molecule has 0 saturated carbocycles. The fourth-order valence-electron chi connectivity index (χ4n) is 9.85. The lowest BCUT2D eigenvalue weighted by Gasteiger charge is -2.15. The van der Waals surface area contributed by atoms with Gasteiger partial charge in [-0.05, 0) is 122 Å². The molecule has 84 heavy (non-hydrogen) atoms. The molecule has 0 aromatic carbocycles. The Kier molecular flexibility index (Phi) is 69.4. The van der Waals surface area contributed by atoms with Crippen LogP contribution in [0.15, 0.2) is 146 Å². The van der Waals surface area contributed by atoms with Gasteiger partial charge in [-0.25, -0.2) is 0 Å². The topological polar surface area (TPSA) is 72.8 Å². The van der Waals surface area contributed by atoms with Crippen LogP contribution in [-0.4, -0.2) is 36.4 Å². The average molecular weight is 1160 g/mol. The van der Waals surface area contributed by atoms with Gasteiger partial charge in [0.25, 0.3) is 0 Å². The predicted octanol–water partition coefficient (Wildman–Crippen LogP) is 24.9. The van der Waals surface area contributed by atoms with E-state index in [1.54, 1.807) is 0 Å². The molecule has 0 radical (unpaired) electrons. The van der Waals surface area contributed by atoms with E-state index in [1.807, 2.05) is 0 Å². The summed E-state index contributed by atoms with van der Waals surface area (Å²) in [4.78, 5) is 24.7. The molecule has 0 aromatic rings. The Balaban J connectivity index is 3.52. The molecule has 0 rings (SSSR count). The summed E-state index contributed by atoms with van der Waals surface area (Å²) in [5.74, 6) is -0.595. The molecule has 5 nitrogen and oxygen atoms in total. The van der Waals surface area contributed by atoms with Crippen LogP contribution in [0.1, 0.15) is 322 Å². The van der Waals surface area contributed by atoms with Crippen LogP contribution in [0.2, 0.25) is 0 Å². The maximum atomic E-state index is 12.4. The highest BCUT2D eigenvalue weighted by atomic mass is 16.6. The molecule has 0 aliphatic rings. The first kappa shape index (κ1) is 79.8. The number of aliphatic hydroxyl groups excluding tert-OH is 1. The quantitative estimate of drug-likeness (QED) is 0.0373. The number of carbonyl (C=O) groups is 2. The minimum atomic E-state index is -0.786. The van der Waals surface area contributed by atoms with Gasteiger partial charge in [-0.1, -0.05) is 333 Å². The highest BCUT2D eigenvalue weighted by molar-refractivity contribution is 5.70. The van der Waals surface area contributed by atoms with Crippen LogP contribution in [0.25, 0.3) is 0 Å². The number of carbonyl (C=O) groups excluding carboxylic acids is 2. The summed E-state index contributed by atoms with van der Waals surface area (Å²) in [6.07, 6.45) is 110. The van der Waals surface area contributed by atoms with Crippen LogP contribution >= 0.6 is 0 Å². The monoisotopic (exact) mass is 1160 g/mol. The molecule has 0 aromatic heterocycles. The van der Waals surface area contributed by atoms with Gasteiger partial charge in [0.1, 0.15) is 6.61 Å². The summed E-state index contributed by atoms with van der Waals surface area (Å²) in [6.45, 7) is 4.03. The normalized spacial score (nSPS) is 13.1. The molecule has 5 heteroatoms. The van der Waals surface area contributed by atoms with E-state index in [0.717, 1.165) is 116 Å². The molecule has 0 amide bonds. The molecular weight excluding hydrogens is 1030 g/mol. The molecule has 1 N–H and O–H groups in total. The first-order chi connectivity index (χ1) is 41.6. The van der Waals surface area contributed by atoms with Gasteiger partial charge >= 0.3 is 11.9 Å². The second-order valence-electron chi connectivity index (χ2n) is 23.2. The van der Waals surface area contributed by atoms with Crippen molar-refractivity contribution in [3.8, 4) is 0 Å². The Hall–Kier alpha value is -4.22. The highest BCUT2D eigenvalue weighted by Gasteiger charge is 2.16. The predicted molar refractivity (Wildman–Crippen MR) is 371 cm³/mol. The van der Waals surface area contributed by atoms with Gasteiger partial charge in [0, 0.05) is 12.8 Å². The number of esters is 2.